The standard InChI is InChI=1S/C26H22F4N6O4/c1-15-16(2)22(37)33-32-21(15)13-17-5-6-20(27)19(12-17)24(38)35-10-8-34(9-11-35)23-18(14-31)4-3-7-36(23)40-25(39)26(28,29)30/h3-7,12H,8-11,13H2,1-2H3/p+1. The van der Waals surface area contributed by atoms with Crippen molar-refractivity contribution in [3.8, 4) is 6.07 Å². The lowest BCUT2D eigenvalue weighted by Crippen LogP contribution is -2.57. The smallest absolute Gasteiger partial charge is 0.331 e. The van der Waals surface area contributed by atoms with Gasteiger partial charge in [0.05, 0.1) is 24.3 Å². The number of hydrogen-bond donors (Lipinski definition) is 1. The minimum atomic E-state index is -5.25. The molecule has 3 aromatic rings. The maximum atomic E-state index is 14.7. The molecule has 1 fully saturated rings. The Morgan fingerprint density at radius 1 is 1.15 bits per heavy atom. The number of nitriles is 1. The van der Waals surface area contributed by atoms with Gasteiger partial charge in [0.2, 0.25) is 0 Å². The van der Waals surface area contributed by atoms with Crippen molar-refractivity contribution in [2.45, 2.75) is 26.4 Å². The van der Waals surface area contributed by atoms with Crippen LogP contribution in [-0.2, 0) is 11.2 Å². The van der Waals surface area contributed by atoms with E-state index in [9.17, 15) is 37.2 Å². The van der Waals surface area contributed by atoms with E-state index in [0.29, 0.717) is 27.1 Å². The van der Waals surface area contributed by atoms with Gasteiger partial charge in [-0.05, 0) is 54.0 Å². The summed E-state index contributed by atoms with van der Waals surface area (Å²) >= 11 is 0. The largest absolute Gasteiger partial charge is 0.495 e. The van der Waals surface area contributed by atoms with Gasteiger partial charge in [-0.1, -0.05) is 6.07 Å². The first-order chi connectivity index (χ1) is 18.9. The number of nitrogens with zero attached hydrogens (tertiary/aromatic N) is 5. The second kappa shape index (κ2) is 11.1. The van der Waals surface area contributed by atoms with Gasteiger partial charge in [-0.3, -0.25) is 14.5 Å². The summed E-state index contributed by atoms with van der Waals surface area (Å²) < 4.78 is 53.6. The van der Waals surface area contributed by atoms with Crippen molar-refractivity contribution in [3.05, 3.63) is 86.2 Å². The normalized spacial score (nSPS) is 13.6. The maximum Gasteiger partial charge on any atom is 0.495 e. The fourth-order valence-corrected chi connectivity index (χ4v) is 4.27. The Balaban J connectivity index is 1.51. The number of carbonyl (C=O) groups is 2. The number of H-pyrrole nitrogens is 1. The first-order valence-electron chi connectivity index (χ1n) is 12.0. The van der Waals surface area contributed by atoms with Crippen LogP contribution < -0.4 is 20.0 Å². The summed E-state index contributed by atoms with van der Waals surface area (Å²) in [6.45, 7) is 3.64. The van der Waals surface area contributed by atoms with Crippen LogP contribution in [0.1, 0.15) is 38.3 Å². The van der Waals surface area contributed by atoms with Crippen LogP contribution in [0.5, 0.6) is 0 Å². The van der Waals surface area contributed by atoms with Gasteiger partial charge in [-0.2, -0.15) is 23.5 Å². The van der Waals surface area contributed by atoms with E-state index in [1.54, 1.807) is 13.8 Å². The van der Waals surface area contributed by atoms with E-state index >= 15 is 0 Å². The van der Waals surface area contributed by atoms with Crippen molar-refractivity contribution in [3.63, 3.8) is 0 Å². The number of halogens is 4. The molecular formula is C26H23F4N6O4+. The summed E-state index contributed by atoms with van der Waals surface area (Å²) in [6, 6.07) is 8.58. The summed E-state index contributed by atoms with van der Waals surface area (Å²) in [7, 11) is 0. The summed E-state index contributed by atoms with van der Waals surface area (Å²) in [6.07, 6.45) is -3.93. The number of aromatic nitrogens is 3. The number of amides is 1. The topological polar surface area (TPSA) is 123 Å². The second-order valence-corrected chi connectivity index (χ2v) is 9.08. The van der Waals surface area contributed by atoms with Crippen molar-refractivity contribution in [2.75, 3.05) is 31.1 Å². The third-order valence-electron chi connectivity index (χ3n) is 6.59. The van der Waals surface area contributed by atoms with Gasteiger partial charge >= 0.3 is 18.0 Å². The molecule has 10 nitrogen and oxygen atoms in total. The van der Waals surface area contributed by atoms with Crippen molar-refractivity contribution in [2.24, 2.45) is 0 Å². The average molecular weight is 560 g/mol. The van der Waals surface area contributed by atoms with Crippen molar-refractivity contribution < 1.29 is 36.7 Å². The summed E-state index contributed by atoms with van der Waals surface area (Å²) in [5.41, 5.74) is 1.85. The Labute approximate surface area is 225 Å². The molecule has 40 heavy (non-hydrogen) atoms. The highest BCUT2D eigenvalue weighted by atomic mass is 19.4. The maximum absolute atomic E-state index is 14.7. The fourth-order valence-electron chi connectivity index (χ4n) is 4.27. The summed E-state index contributed by atoms with van der Waals surface area (Å²) in [5.74, 6) is -3.86. The molecule has 0 aliphatic carbocycles. The van der Waals surface area contributed by atoms with Gasteiger partial charge in [0.25, 0.3) is 11.5 Å². The van der Waals surface area contributed by atoms with E-state index in [4.69, 9.17) is 0 Å². The third kappa shape index (κ3) is 5.78. The molecule has 4 rings (SSSR count). The van der Waals surface area contributed by atoms with Gasteiger partial charge in [0.1, 0.15) is 36.7 Å². The van der Waals surface area contributed by atoms with E-state index in [1.807, 2.05) is 6.07 Å². The van der Waals surface area contributed by atoms with E-state index in [2.05, 4.69) is 15.0 Å². The highest BCUT2D eigenvalue weighted by Gasteiger charge is 2.44. The zero-order chi connectivity index (χ0) is 29.2. The van der Waals surface area contributed by atoms with Crippen LogP contribution in [0.25, 0.3) is 0 Å². The Morgan fingerprint density at radius 3 is 2.50 bits per heavy atom. The van der Waals surface area contributed by atoms with E-state index in [0.717, 1.165) is 6.20 Å². The Kier molecular flexibility index (Phi) is 7.85. The zero-order valence-electron chi connectivity index (χ0n) is 21.4. The number of benzene rings is 1. The van der Waals surface area contributed by atoms with Crippen LogP contribution in [0.4, 0.5) is 23.4 Å². The number of piperazine rings is 1. The van der Waals surface area contributed by atoms with Gasteiger partial charge in [0.15, 0.2) is 0 Å². The molecule has 0 unspecified atom stereocenters. The fraction of sp³-hybridized carbons (Fsp3) is 0.308. The average Bonchev–Trinajstić information content (AvgIpc) is 2.93. The van der Waals surface area contributed by atoms with Crippen LogP contribution in [-0.4, -0.2) is 59.3 Å². The number of nitrogens with one attached hydrogen (secondary N) is 1. The quantitative estimate of drug-likeness (QED) is 0.373. The number of aromatic amines is 1. The van der Waals surface area contributed by atoms with Crippen LogP contribution in [0.15, 0.2) is 41.3 Å². The minimum Gasteiger partial charge on any atom is -0.331 e. The molecule has 1 aromatic carbocycles. The number of pyridine rings is 1. The lowest BCUT2D eigenvalue weighted by atomic mass is 10.0. The Hall–Kier alpha value is -4.80. The molecule has 1 N–H and O–H groups in total. The Bertz CT molecular complexity index is 1570. The van der Waals surface area contributed by atoms with Crippen molar-refractivity contribution in [1.29, 1.82) is 5.26 Å². The molecule has 0 atom stereocenters. The van der Waals surface area contributed by atoms with Crippen LogP contribution >= 0.6 is 0 Å². The SMILES string of the molecule is Cc1c(Cc2ccc(F)c(C(=O)N3CCN(c4c(C#N)ccc[n+]4OC(=O)C(F)(F)F)CC3)c2)n[nH]c(=O)c1C. The molecule has 2 aromatic heterocycles. The van der Waals surface area contributed by atoms with Crippen molar-refractivity contribution in [1.82, 2.24) is 15.1 Å². The molecule has 1 aliphatic heterocycles. The van der Waals surface area contributed by atoms with Crippen molar-refractivity contribution >= 4 is 17.7 Å². The number of hydrogen-bond acceptors (Lipinski definition) is 7. The monoisotopic (exact) mass is 559 g/mol. The first kappa shape index (κ1) is 28.2. The second-order valence-electron chi connectivity index (χ2n) is 9.08. The zero-order valence-corrected chi connectivity index (χ0v) is 21.4. The van der Waals surface area contributed by atoms with Gasteiger partial charge in [0, 0.05) is 12.0 Å². The summed E-state index contributed by atoms with van der Waals surface area (Å²) in [4.78, 5) is 43.7. The molecule has 0 radical (unpaired) electrons. The number of alkyl halides is 3. The third-order valence-corrected chi connectivity index (χ3v) is 6.59. The molecule has 0 saturated carbocycles. The molecule has 0 spiro atoms. The van der Waals surface area contributed by atoms with E-state index in [-0.39, 0.29) is 55.1 Å². The van der Waals surface area contributed by atoms with Crippen LogP contribution in [0.3, 0.4) is 0 Å². The molecule has 208 valence electrons. The number of carbonyl (C=O) groups excluding carboxylic acids is 2. The lowest BCUT2D eigenvalue weighted by molar-refractivity contribution is -0.860. The van der Waals surface area contributed by atoms with Crippen LogP contribution in [0.2, 0.25) is 0 Å². The highest BCUT2D eigenvalue weighted by molar-refractivity contribution is 5.95. The molecule has 3 heterocycles. The summed E-state index contributed by atoms with van der Waals surface area (Å²) in [5, 5.41) is 16.0. The van der Waals surface area contributed by atoms with E-state index in [1.165, 1.54) is 40.1 Å². The molecular weight excluding hydrogens is 536 g/mol. The molecule has 0 bridgehead atoms. The van der Waals surface area contributed by atoms with Gasteiger partial charge in [-0.15, -0.1) is 0 Å². The molecule has 1 saturated heterocycles. The first-order valence-corrected chi connectivity index (χ1v) is 12.0. The molecule has 1 aliphatic rings. The Morgan fingerprint density at radius 2 is 1.85 bits per heavy atom. The van der Waals surface area contributed by atoms with Gasteiger partial charge in [-0.25, -0.2) is 19.1 Å². The molecule has 1 amide bonds. The van der Waals surface area contributed by atoms with Gasteiger partial charge < -0.3 is 4.90 Å². The van der Waals surface area contributed by atoms with Crippen LogP contribution in [0, 0.1) is 31.0 Å². The predicted octanol–water partition coefficient (Wildman–Crippen LogP) is 1.76. The predicted molar refractivity (Wildman–Crippen MR) is 131 cm³/mol. The minimum absolute atomic E-state index is 0.0441. The number of anilines is 1. The van der Waals surface area contributed by atoms with E-state index < -0.39 is 23.9 Å². The molecule has 14 heteroatoms. The highest BCUT2D eigenvalue weighted by Crippen LogP contribution is 2.21. The lowest BCUT2D eigenvalue weighted by Gasteiger charge is -2.31. The number of rotatable bonds is 5.